The summed E-state index contributed by atoms with van der Waals surface area (Å²) in [5.41, 5.74) is 5.34. The van der Waals surface area contributed by atoms with E-state index in [0.29, 0.717) is 18.8 Å². The summed E-state index contributed by atoms with van der Waals surface area (Å²) in [7, 11) is 0. The van der Waals surface area contributed by atoms with Gasteiger partial charge >= 0.3 is 0 Å². The Bertz CT molecular complexity index is 320. The van der Waals surface area contributed by atoms with Crippen molar-refractivity contribution in [2.24, 2.45) is 5.73 Å². The van der Waals surface area contributed by atoms with Gasteiger partial charge < -0.3 is 11.1 Å². The van der Waals surface area contributed by atoms with Crippen LogP contribution in [0.3, 0.4) is 0 Å². The molecule has 0 bridgehead atoms. The van der Waals surface area contributed by atoms with Gasteiger partial charge in [0.25, 0.3) is 0 Å². The van der Waals surface area contributed by atoms with E-state index in [2.05, 4.69) is 17.4 Å². The van der Waals surface area contributed by atoms with Crippen molar-refractivity contribution in [3.63, 3.8) is 0 Å². The molecular weight excluding hydrogens is 252 g/mol. The Morgan fingerprint density at radius 3 is 2.71 bits per heavy atom. The average Bonchev–Trinajstić information content (AvgIpc) is 2.36. The number of hydrogen-bond acceptors (Lipinski definition) is 4. The van der Waals surface area contributed by atoms with Crippen LogP contribution in [0.15, 0.2) is 35.2 Å². The Morgan fingerprint density at radius 2 is 2.00 bits per heavy atom. The second-order valence-electron chi connectivity index (χ2n) is 3.35. The van der Waals surface area contributed by atoms with Crippen molar-refractivity contribution in [2.45, 2.75) is 4.90 Å². The molecule has 0 aliphatic heterocycles. The van der Waals surface area contributed by atoms with Crippen LogP contribution in [0.4, 0.5) is 0 Å². The van der Waals surface area contributed by atoms with E-state index in [1.54, 1.807) is 23.5 Å². The Hall–Kier alpha value is -0.650. The molecule has 0 aliphatic carbocycles. The summed E-state index contributed by atoms with van der Waals surface area (Å²) >= 11 is 3.32. The van der Waals surface area contributed by atoms with Gasteiger partial charge in [0, 0.05) is 29.5 Å². The predicted octanol–water partition coefficient (Wildman–Crippen LogP) is 1.59. The van der Waals surface area contributed by atoms with Gasteiger partial charge in [0.2, 0.25) is 5.91 Å². The fraction of sp³-hybridized carbons (Fsp3) is 0.417. The minimum absolute atomic E-state index is 0.0945. The van der Waals surface area contributed by atoms with Gasteiger partial charge in [0.05, 0.1) is 5.75 Å². The van der Waals surface area contributed by atoms with Crippen LogP contribution in [0.5, 0.6) is 0 Å². The summed E-state index contributed by atoms with van der Waals surface area (Å²) in [5, 5.41) is 2.89. The van der Waals surface area contributed by atoms with Crippen molar-refractivity contribution in [1.82, 2.24) is 5.32 Å². The summed E-state index contributed by atoms with van der Waals surface area (Å²) in [5.74, 6) is 2.34. The third-order valence-electron chi connectivity index (χ3n) is 1.93. The Balaban J connectivity index is 2.02. The van der Waals surface area contributed by atoms with Crippen LogP contribution in [-0.2, 0) is 4.79 Å². The molecule has 1 aromatic carbocycles. The second-order valence-corrected chi connectivity index (χ2v) is 5.63. The van der Waals surface area contributed by atoms with E-state index >= 15 is 0 Å². The number of benzene rings is 1. The van der Waals surface area contributed by atoms with Crippen molar-refractivity contribution in [3.05, 3.63) is 30.3 Å². The first-order valence-corrected chi connectivity index (χ1v) is 7.69. The molecule has 3 nitrogen and oxygen atoms in total. The number of carbonyl (C=O) groups excluding carboxylic acids is 1. The highest BCUT2D eigenvalue weighted by Gasteiger charge is 2.00. The molecule has 0 aliphatic rings. The smallest absolute Gasteiger partial charge is 0.230 e. The summed E-state index contributed by atoms with van der Waals surface area (Å²) in [6, 6.07) is 10.2. The predicted molar refractivity (Wildman–Crippen MR) is 76.6 cm³/mol. The zero-order chi connectivity index (χ0) is 12.3. The van der Waals surface area contributed by atoms with E-state index in [9.17, 15) is 4.79 Å². The van der Waals surface area contributed by atoms with Crippen molar-refractivity contribution in [1.29, 1.82) is 0 Å². The van der Waals surface area contributed by atoms with Crippen molar-refractivity contribution in [2.75, 3.05) is 30.3 Å². The maximum absolute atomic E-state index is 11.3. The zero-order valence-electron chi connectivity index (χ0n) is 9.72. The van der Waals surface area contributed by atoms with Gasteiger partial charge in [-0.3, -0.25) is 4.79 Å². The molecule has 0 radical (unpaired) electrons. The van der Waals surface area contributed by atoms with Crippen LogP contribution in [0, 0.1) is 0 Å². The highest BCUT2D eigenvalue weighted by Crippen LogP contribution is 2.15. The molecule has 0 saturated carbocycles. The standard InChI is InChI=1S/C12H18N2OS2/c13-6-8-16-10-12(15)14-7-9-17-11-4-2-1-3-5-11/h1-5H,6-10,13H2,(H,14,15). The van der Waals surface area contributed by atoms with Gasteiger partial charge in [0.1, 0.15) is 0 Å². The van der Waals surface area contributed by atoms with E-state index in [1.807, 2.05) is 18.2 Å². The SMILES string of the molecule is NCCSCC(=O)NCCSc1ccccc1. The number of carbonyl (C=O) groups is 1. The quantitative estimate of drug-likeness (QED) is 0.556. The minimum atomic E-state index is 0.0945. The van der Waals surface area contributed by atoms with Gasteiger partial charge in [-0.2, -0.15) is 11.8 Å². The Morgan fingerprint density at radius 1 is 1.24 bits per heavy atom. The third kappa shape index (κ3) is 7.31. The number of thioether (sulfide) groups is 2. The molecule has 1 amide bonds. The first kappa shape index (κ1) is 14.4. The van der Waals surface area contributed by atoms with Crippen LogP contribution in [0.2, 0.25) is 0 Å². The molecule has 17 heavy (non-hydrogen) atoms. The fourth-order valence-electron chi connectivity index (χ4n) is 1.18. The Kier molecular flexibility index (Phi) is 7.96. The molecule has 0 fully saturated rings. The van der Waals surface area contributed by atoms with E-state index in [4.69, 9.17) is 5.73 Å². The topological polar surface area (TPSA) is 55.1 Å². The monoisotopic (exact) mass is 270 g/mol. The van der Waals surface area contributed by atoms with Gasteiger partial charge in [0.15, 0.2) is 0 Å². The lowest BCUT2D eigenvalue weighted by Gasteiger charge is -2.04. The summed E-state index contributed by atoms with van der Waals surface area (Å²) in [4.78, 5) is 12.6. The number of amides is 1. The molecule has 0 heterocycles. The highest BCUT2D eigenvalue weighted by atomic mass is 32.2. The molecule has 1 aromatic rings. The van der Waals surface area contributed by atoms with Crippen LogP contribution in [0.25, 0.3) is 0 Å². The van der Waals surface area contributed by atoms with Crippen LogP contribution in [0.1, 0.15) is 0 Å². The van der Waals surface area contributed by atoms with Gasteiger partial charge in [-0.05, 0) is 12.1 Å². The summed E-state index contributed by atoms with van der Waals surface area (Å²) in [6.07, 6.45) is 0. The summed E-state index contributed by atoms with van der Waals surface area (Å²) < 4.78 is 0. The molecular formula is C12H18N2OS2. The van der Waals surface area contributed by atoms with Gasteiger partial charge in [-0.25, -0.2) is 0 Å². The first-order chi connectivity index (χ1) is 8.33. The van der Waals surface area contributed by atoms with Crippen molar-refractivity contribution in [3.8, 4) is 0 Å². The second kappa shape index (κ2) is 9.39. The maximum Gasteiger partial charge on any atom is 0.230 e. The molecule has 0 atom stereocenters. The molecule has 0 spiro atoms. The number of nitrogens with two attached hydrogens (primary N) is 1. The third-order valence-corrected chi connectivity index (χ3v) is 3.94. The van der Waals surface area contributed by atoms with Crippen molar-refractivity contribution >= 4 is 29.4 Å². The molecule has 0 aromatic heterocycles. The highest BCUT2D eigenvalue weighted by molar-refractivity contribution is 8.00. The van der Waals surface area contributed by atoms with E-state index in [1.165, 1.54) is 4.90 Å². The lowest BCUT2D eigenvalue weighted by Crippen LogP contribution is -2.27. The average molecular weight is 270 g/mol. The normalized spacial score (nSPS) is 10.2. The molecule has 3 N–H and O–H groups in total. The zero-order valence-corrected chi connectivity index (χ0v) is 11.4. The number of rotatable bonds is 8. The molecule has 1 rings (SSSR count). The summed E-state index contributed by atoms with van der Waals surface area (Å²) in [6.45, 7) is 1.34. The number of hydrogen-bond donors (Lipinski definition) is 2. The van der Waals surface area contributed by atoms with Gasteiger partial charge in [-0.15, -0.1) is 11.8 Å². The largest absolute Gasteiger partial charge is 0.355 e. The van der Waals surface area contributed by atoms with E-state index < -0.39 is 0 Å². The molecule has 0 unspecified atom stereocenters. The fourth-order valence-corrected chi connectivity index (χ4v) is 2.56. The minimum Gasteiger partial charge on any atom is -0.355 e. The Labute approximate surface area is 111 Å². The lowest BCUT2D eigenvalue weighted by molar-refractivity contribution is -0.118. The number of nitrogens with one attached hydrogen (secondary N) is 1. The molecule has 94 valence electrons. The molecule has 5 heteroatoms. The van der Waals surface area contributed by atoms with E-state index in [0.717, 1.165) is 11.5 Å². The van der Waals surface area contributed by atoms with Crippen molar-refractivity contribution < 1.29 is 4.79 Å². The van der Waals surface area contributed by atoms with E-state index in [-0.39, 0.29) is 5.91 Å². The van der Waals surface area contributed by atoms with Crippen LogP contribution < -0.4 is 11.1 Å². The lowest BCUT2D eigenvalue weighted by atomic mass is 10.4. The maximum atomic E-state index is 11.3. The first-order valence-electron chi connectivity index (χ1n) is 5.55. The van der Waals surface area contributed by atoms with Gasteiger partial charge in [-0.1, -0.05) is 18.2 Å². The molecule has 0 saturated heterocycles. The van der Waals surface area contributed by atoms with Crippen LogP contribution in [-0.4, -0.2) is 36.3 Å². The van der Waals surface area contributed by atoms with Crippen LogP contribution >= 0.6 is 23.5 Å².